The maximum atomic E-state index is 13.5. The lowest BCUT2D eigenvalue weighted by Gasteiger charge is -2.41. The first-order valence-electron chi connectivity index (χ1n) is 13.5. The van der Waals surface area contributed by atoms with Crippen LogP contribution in [-0.2, 0) is 20.9 Å². The van der Waals surface area contributed by atoms with Gasteiger partial charge in [-0.2, -0.15) is 0 Å². The van der Waals surface area contributed by atoms with Crippen LogP contribution < -0.4 is 5.32 Å². The Kier molecular flexibility index (Phi) is 9.41. The first-order valence-corrected chi connectivity index (χ1v) is 14.4. The molecule has 2 aliphatic rings. The number of aliphatic hydroxyl groups is 2. The Morgan fingerprint density at radius 3 is 2.38 bits per heavy atom. The van der Waals surface area contributed by atoms with Gasteiger partial charge in [0.2, 0.25) is 18.2 Å². The van der Waals surface area contributed by atoms with E-state index in [1.165, 1.54) is 4.90 Å². The van der Waals surface area contributed by atoms with E-state index in [9.17, 15) is 19.8 Å². The first-order chi connectivity index (χ1) is 18.4. The summed E-state index contributed by atoms with van der Waals surface area (Å²) in [4.78, 5) is 37.4. The van der Waals surface area contributed by atoms with E-state index in [1.807, 2.05) is 69.3 Å². The molecule has 11 heteroatoms. The van der Waals surface area contributed by atoms with Crippen LogP contribution in [0.3, 0.4) is 0 Å². The molecule has 3 N–H and O–H groups in total. The molecule has 2 fully saturated rings. The van der Waals surface area contributed by atoms with Crippen LogP contribution in [0.5, 0.6) is 0 Å². The summed E-state index contributed by atoms with van der Waals surface area (Å²) in [6, 6.07) is 6.84. The number of rotatable bonds is 8. The summed E-state index contributed by atoms with van der Waals surface area (Å²) in [6.07, 6.45) is -1.51. The highest BCUT2D eigenvalue weighted by atomic mass is 32.1. The number of piperazine rings is 1. The van der Waals surface area contributed by atoms with Crippen molar-refractivity contribution in [2.24, 2.45) is 0 Å². The Morgan fingerprint density at radius 1 is 1.15 bits per heavy atom. The molecule has 214 valence electrons. The van der Waals surface area contributed by atoms with Gasteiger partial charge in [-0.25, -0.2) is 4.98 Å². The Morgan fingerprint density at radius 2 is 1.79 bits per heavy atom. The number of nitrogens with one attached hydrogen (secondary N) is 1. The van der Waals surface area contributed by atoms with Crippen LogP contribution in [0.2, 0.25) is 0 Å². The lowest BCUT2D eigenvalue weighted by Crippen LogP contribution is -2.58. The lowest BCUT2D eigenvalue weighted by molar-refractivity contribution is -0.244. The number of ether oxygens (including phenoxy) is 1. The highest BCUT2D eigenvalue weighted by molar-refractivity contribution is 7.13. The third-order valence-corrected chi connectivity index (χ3v) is 8.30. The smallest absolute Gasteiger partial charge is 0.243 e. The molecule has 39 heavy (non-hydrogen) atoms. The van der Waals surface area contributed by atoms with Gasteiger partial charge < -0.3 is 25.2 Å². The zero-order chi connectivity index (χ0) is 28.3. The molecule has 0 saturated carbocycles. The number of hydrogen-bond acceptors (Lipinski definition) is 9. The van der Waals surface area contributed by atoms with Crippen LogP contribution >= 0.6 is 11.3 Å². The second-order valence-electron chi connectivity index (χ2n) is 11.4. The number of aliphatic hydroxyl groups excluding tert-OH is 2. The Hall–Kier alpha value is -2.41. The van der Waals surface area contributed by atoms with E-state index in [0.717, 1.165) is 21.7 Å². The number of thiazole rings is 1. The molecule has 0 spiro atoms. The molecule has 10 nitrogen and oxygen atoms in total. The molecule has 2 aliphatic heterocycles. The number of benzene rings is 1. The quantitative estimate of drug-likeness (QED) is 0.419. The number of nitrogens with zero attached hydrogens (tertiary/aromatic N) is 4. The van der Waals surface area contributed by atoms with Crippen molar-refractivity contribution in [3.63, 3.8) is 0 Å². The number of β-amino-alcohol motifs (C(OH)–C–C–N with tert-alkyl or cyclic N) is 1. The van der Waals surface area contributed by atoms with Crippen molar-refractivity contribution in [2.75, 3.05) is 32.7 Å². The SMILES string of the molecule is Cc1ncsc1-c1ccc(CNC(=O)[C@@H]2C[C@@H](O)CN2C(=O)[C@H](C)N2CCN(C(O)OC(C)(C)C)CC2)cc1. The van der Waals surface area contributed by atoms with Crippen LogP contribution in [0, 0.1) is 6.92 Å². The maximum Gasteiger partial charge on any atom is 0.243 e. The van der Waals surface area contributed by atoms with Crippen molar-refractivity contribution >= 4 is 23.2 Å². The number of aromatic nitrogens is 1. The van der Waals surface area contributed by atoms with Crippen LogP contribution in [0.4, 0.5) is 0 Å². The van der Waals surface area contributed by atoms with Gasteiger partial charge in [0.05, 0.1) is 33.8 Å². The molecule has 1 unspecified atom stereocenters. The number of carbonyl (C=O) groups is 2. The zero-order valence-corrected chi connectivity index (χ0v) is 24.3. The molecule has 3 heterocycles. The number of likely N-dealkylation sites (tertiary alicyclic amines) is 1. The van der Waals surface area contributed by atoms with Crippen molar-refractivity contribution in [1.82, 2.24) is 25.0 Å². The maximum absolute atomic E-state index is 13.5. The summed E-state index contributed by atoms with van der Waals surface area (Å²) in [5.74, 6) is -0.433. The van der Waals surface area contributed by atoms with E-state index in [4.69, 9.17) is 4.74 Å². The molecular weight excluding hydrogens is 518 g/mol. The Labute approximate surface area is 234 Å². The standard InChI is InChI=1S/C28H41N5O5S/c1-18-24(39-17-30-18)21-8-6-20(7-9-21)15-29-25(35)23-14-22(34)16-33(23)26(36)19(2)31-10-12-32(13-11-31)27(37)38-28(3,4)5/h6-9,17,19,22-23,27,34,37H,10-16H2,1-5H3,(H,29,35)/t19-,22+,23-,27?/m0/s1. The highest BCUT2D eigenvalue weighted by Gasteiger charge is 2.41. The summed E-state index contributed by atoms with van der Waals surface area (Å²) in [5, 5.41) is 23.7. The van der Waals surface area contributed by atoms with Crippen molar-refractivity contribution < 1.29 is 24.5 Å². The predicted molar refractivity (Wildman–Crippen MR) is 150 cm³/mol. The summed E-state index contributed by atoms with van der Waals surface area (Å²) in [7, 11) is 0. The van der Waals surface area contributed by atoms with Gasteiger partial charge in [0, 0.05) is 45.7 Å². The van der Waals surface area contributed by atoms with Gasteiger partial charge in [0.15, 0.2) is 0 Å². The van der Waals surface area contributed by atoms with Gasteiger partial charge in [-0.1, -0.05) is 24.3 Å². The molecule has 4 rings (SSSR count). The van der Waals surface area contributed by atoms with E-state index in [2.05, 4.69) is 15.2 Å². The second kappa shape index (κ2) is 12.4. The van der Waals surface area contributed by atoms with Gasteiger partial charge in [-0.3, -0.25) is 19.4 Å². The summed E-state index contributed by atoms with van der Waals surface area (Å²) >= 11 is 1.60. The average molecular weight is 560 g/mol. The molecule has 0 bridgehead atoms. The zero-order valence-electron chi connectivity index (χ0n) is 23.5. The van der Waals surface area contributed by atoms with Crippen LogP contribution in [0.25, 0.3) is 10.4 Å². The molecule has 1 aromatic heterocycles. The Bertz CT molecular complexity index is 1130. The number of aryl methyl sites for hydroxylation is 1. The molecule has 2 aromatic rings. The van der Waals surface area contributed by atoms with Gasteiger partial charge >= 0.3 is 0 Å². The third-order valence-electron chi connectivity index (χ3n) is 7.32. The molecule has 2 amide bonds. The van der Waals surface area contributed by atoms with E-state index < -0.39 is 30.2 Å². The fourth-order valence-electron chi connectivity index (χ4n) is 5.10. The van der Waals surface area contributed by atoms with E-state index >= 15 is 0 Å². The fourth-order valence-corrected chi connectivity index (χ4v) is 5.91. The molecule has 4 atom stereocenters. The Balaban J connectivity index is 1.30. The lowest BCUT2D eigenvalue weighted by atomic mass is 10.1. The van der Waals surface area contributed by atoms with Crippen molar-refractivity contribution in [3.05, 3.63) is 41.0 Å². The third kappa shape index (κ3) is 7.41. The van der Waals surface area contributed by atoms with Crippen molar-refractivity contribution in [1.29, 1.82) is 0 Å². The van der Waals surface area contributed by atoms with Crippen molar-refractivity contribution in [2.45, 2.75) is 77.8 Å². The van der Waals surface area contributed by atoms with E-state index in [0.29, 0.717) is 32.7 Å². The molecular formula is C28H41N5O5S. The summed E-state index contributed by atoms with van der Waals surface area (Å²) < 4.78 is 5.65. The summed E-state index contributed by atoms with van der Waals surface area (Å²) in [6.45, 7) is 12.3. The first kappa shape index (κ1) is 29.6. The van der Waals surface area contributed by atoms with Gasteiger partial charge in [0.25, 0.3) is 0 Å². The van der Waals surface area contributed by atoms with Gasteiger partial charge in [-0.15, -0.1) is 11.3 Å². The van der Waals surface area contributed by atoms with Crippen molar-refractivity contribution in [3.8, 4) is 10.4 Å². The molecule has 1 aromatic carbocycles. The average Bonchev–Trinajstić information content (AvgIpc) is 3.51. The summed E-state index contributed by atoms with van der Waals surface area (Å²) in [5.41, 5.74) is 4.40. The fraction of sp³-hybridized carbons (Fsp3) is 0.607. The normalized spacial score (nSPS) is 22.6. The number of hydrogen-bond donors (Lipinski definition) is 3. The highest BCUT2D eigenvalue weighted by Crippen LogP contribution is 2.27. The van der Waals surface area contributed by atoms with Crippen LogP contribution in [0.15, 0.2) is 29.8 Å². The van der Waals surface area contributed by atoms with Gasteiger partial charge in [-0.05, 0) is 45.7 Å². The monoisotopic (exact) mass is 559 g/mol. The minimum Gasteiger partial charge on any atom is -0.391 e. The molecule has 2 saturated heterocycles. The molecule has 0 aliphatic carbocycles. The molecule has 0 radical (unpaired) electrons. The second-order valence-corrected chi connectivity index (χ2v) is 12.2. The minimum atomic E-state index is -0.993. The van der Waals surface area contributed by atoms with Crippen LogP contribution in [0.1, 0.15) is 45.4 Å². The number of carbonyl (C=O) groups excluding carboxylic acids is 2. The van der Waals surface area contributed by atoms with Gasteiger partial charge in [0.1, 0.15) is 6.04 Å². The van der Waals surface area contributed by atoms with Crippen LogP contribution in [-0.4, -0.2) is 105 Å². The topological polar surface area (TPSA) is 118 Å². The largest absolute Gasteiger partial charge is 0.391 e. The predicted octanol–water partition coefficient (Wildman–Crippen LogP) is 1.79. The van der Waals surface area contributed by atoms with E-state index in [-0.39, 0.29) is 24.8 Å². The minimum absolute atomic E-state index is 0.141. The number of amides is 2. The van der Waals surface area contributed by atoms with E-state index in [1.54, 1.807) is 11.3 Å².